The predicted octanol–water partition coefficient (Wildman–Crippen LogP) is 0.676. The number of nitrogen functional groups attached to an aromatic ring is 1. The number of anilines is 1. The fourth-order valence-corrected chi connectivity index (χ4v) is 2.59. The van der Waals surface area contributed by atoms with E-state index >= 15 is 0 Å². The third kappa shape index (κ3) is 2.37. The van der Waals surface area contributed by atoms with E-state index < -0.39 is 0 Å². The molecule has 0 atom stereocenters. The molecule has 3 aromatic heterocycles. The summed E-state index contributed by atoms with van der Waals surface area (Å²) < 4.78 is 5.54. The maximum absolute atomic E-state index is 6.07. The van der Waals surface area contributed by atoms with Crippen LogP contribution in [0.1, 0.15) is 24.9 Å². The summed E-state index contributed by atoms with van der Waals surface area (Å²) in [5, 5.41) is 8.83. The van der Waals surface area contributed by atoms with Gasteiger partial charge in [0, 0.05) is 27.1 Å². The van der Waals surface area contributed by atoms with Crippen molar-refractivity contribution in [1.82, 2.24) is 34.1 Å². The van der Waals surface area contributed by atoms with Crippen molar-refractivity contribution in [2.24, 2.45) is 14.1 Å². The molecule has 0 bridgehead atoms. The van der Waals surface area contributed by atoms with Gasteiger partial charge < -0.3 is 5.73 Å². The average Bonchev–Trinajstić information content (AvgIpc) is 3.07. The maximum atomic E-state index is 6.07. The van der Waals surface area contributed by atoms with E-state index in [2.05, 4.69) is 27.1 Å². The summed E-state index contributed by atoms with van der Waals surface area (Å²) in [6.45, 7) is 2.82. The fourth-order valence-electron chi connectivity index (χ4n) is 2.59. The smallest absolute Gasteiger partial charge is 0.202 e. The van der Waals surface area contributed by atoms with E-state index in [0.29, 0.717) is 18.9 Å². The Morgan fingerprint density at radius 1 is 1.19 bits per heavy atom. The van der Waals surface area contributed by atoms with Crippen LogP contribution in [0.3, 0.4) is 0 Å². The minimum absolute atomic E-state index is 0.520. The zero-order valence-electron chi connectivity index (χ0n) is 12.6. The van der Waals surface area contributed by atoms with Crippen molar-refractivity contribution in [3.05, 3.63) is 17.8 Å². The van der Waals surface area contributed by atoms with Crippen LogP contribution in [0.4, 0.5) is 5.95 Å². The van der Waals surface area contributed by atoms with Gasteiger partial charge in [-0.05, 0) is 6.42 Å². The highest BCUT2D eigenvalue weighted by atomic mass is 15.4. The predicted molar refractivity (Wildman–Crippen MR) is 79.6 cm³/mol. The highest BCUT2D eigenvalue weighted by molar-refractivity contribution is 5.77. The molecule has 0 aliphatic rings. The molecule has 0 aliphatic heterocycles. The second-order valence-electron chi connectivity index (χ2n) is 5.20. The lowest BCUT2D eigenvalue weighted by atomic mass is 10.2. The third-order valence-electron chi connectivity index (χ3n) is 3.51. The molecule has 0 radical (unpaired) electrons. The number of hydrogen-bond acceptors (Lipinski definition) is 5. The van der Waals surface area contributed by atoms with E-state index in [9.17, 15) is 0 Å². The summed E-state index contributed by atoms with van der Waals surface area (Å²) in [6, 6.07) is 0. The van der Waals surface area contributed by atoms with Crippen LogP contribution in [0.25, 0.3) is 11.2 Å². The van der Waals surface area contributed by atoms with Gasteiger partial charge in [0.25, 0.3) is 0 Å². The first-order valence-corrected chi connectivity index (χ1v) is 7.12. The summed E-state index contributed by atoms with van der Waals surface area (Å²) in [5.41, 5.74) is 8.95. The summed E-state index contributed by atoms with van der Waals surface area (Å²) in [7, 11) is 3.79. The van der Waals surface area contributed by atoms with Gasteiger partial charge in [0.2, 0.25) is 5.95 Å². The van der Waals surface area contributed by atoms with Crippen molar-refractivity contribution in [1.29, 1.82) is 0 Å². The van der Waals surface area contributed by atoms with Crippen LogP contribution >= 0.6 is 0 Å². The Balaban J connectivity index is 1.92. The van der Waals surface area contributed by atoms with Gasteiger partial charge >= 0.3 is 0 Å². The minimum atomic E-state index is 0.520. The van der Waals surface area contributed by atoms with E-state index in [0.717, 1.165) is 35.5 Å². The Hall–Kier alpha value is -2.38. The number of nitrogens with two attached hydrogens (primary N) is 1. The Labute approximate surface area is 122 Å². The van der Waals surface area contributed by atoms with Crippen LogP contribution in [-0.4, -0.2) is 34.1 Å². The second-order valence-corrected chi connectivity index (χ2v) is 5.20. The van der Waals surface area contributed by atoms with Gasteiger partial charge in [0.15, 0.2) is 11.5 Å². The van der Waals surface area contributed by atoms with E-state index in [1.807, 2.05) is 23.3 Å². The molecule has 0 saturated carbocycles. The van der Waals surface area contributed by atoms with Crippen LogP contribution < -0.4 is 5.73 Å². The average molecular weight is 288 g/mol. The number of aromatic nitrogens is 7. The van der Waals surface area contributed by atoms with Crippen molar-refractivity contribution in [2.75, 3.05) is 5.73 Å². The number of fused-ring (bicyclic) bond motifs is 1. The molecule has 0 aliphatic carbocycles. The van der Waals surface area contributed by atoms with Crippen LogP contribution in [0.5, 0.6) is 0 Å². The van der Waals surface area contributed by atoms with E-state index in [1.165, 1.54) is 0 Å². The van der Waals surface area contributed by atoms with Gasteiger partial charge in [-0.15, -0.1) is 0 Å². The quantitative estimate of drug-likeness (QED) is 0.745. The second kappa shape index (κ2) is 5.19. The number of aryl methyl sites for hydroxylation is 5. The van der Waals surface area contributed by atoms with Gasteiger partial charge in [-0.1, -0.05) is 13.3 Å². The van der Waals surface area contributed by atoms with Gasteiger partial charge in [0.1, 0.15) is 11.8 Å². The molecule has 0 fully saturated rings. The van der Waals surface area contributed by atoms with Crippen LogP contribution in [0, 0.1) is 0 Å². The molecular formula is C13H20N8. The molecule has 3 heterocycles. The first-order valence-electron chi connectivity index (χ1n) is 7.12. The molecule has 0 spiro atoms. The summed E-state index contributed by atoms with van der Waals surface area (Å²) in [4.78, 5) is 8.72. The number of nitrogens with zero attached hydrogens (tertiary/aromatic N) is 7. The summed E-state index contributed by atoms with van der Waals surface area (Å²) >= 11 is 0. The monoisotopic (exact) mass is 288 g/mol. The molecule has 8 heteroatoms. The molecule has 0 saturated heterocycles. The molecule has 0 unspecified atom stereocenters. The van der Waals surface area contributed by atoms with Crippen molar-refractivity contribution in [3.63, 3.8) is 0 Å². The standard InChI is InChI=1S/C13H20N8/c1-4-5-9-11-12(20(3)17-9)21(13(14)16-11)7-6-10-15-8-19(2)18-10/h8H,4-7H2,1-3H3,(H2,14,16). The summed E-state index contributed by atoms with van der Waals surface area (Å²) in [5.74, 6) is 1.32. The first kappa shape index (κ1) is 13.6. The maximum Gasteiger partial charge on any atom is 0.202 e. The lowest BCUT2D eigenvalue weighted by Gasteiger charge is -2.05. The fraction of sp³-hybridized carbons (Fsp3) is 0.538. The van der Waals surface area contributed by atoms with Crippen molar-refractivity contribution >= 4 is 17.1 Å². The molecule has 3 rings (SSSR count). The van der Waals surface area contributed by atoms with Gasteiger partial charge in [-0.25, -0.2) is 9.97 Å². The Morgan fingerprint density at radius 3 is 2.67 bits per heavy atom. The molecule has 3 aromatic rings. The van der Waals surface area contributed by atoms with E-state index in [4.69, 9.17) is 5.73 Å². The summed E-state index contributed by atoms with van der Waals surface area (Å²) in [6.07, 6.45) is 4.36. The molecular weight excluding hydrogens is 268 g/mol. The molecule has 0 amide bonds. The van der Waals surface area contributed by atoms with Crippen LogP contribution in [0.15, 0.2) is 6.33 Å². The topological polar surface area (TPSA) is 92.4 Å². The molecule has 0 aromatic carbocycles. The lowest BCUT2D eigenvalue weighted by molar-refractivity contribution is 0.651. The van der Waals surface area contributed by atoms with Gasteiger partial charge in [0.05, 0.1) is 5.69 Å². The molecule has 112 valence electrons. The Kier molecular flexibility index (Phi) is 3.36. The zero-order chi connectivity index (χ0) is 15.0. The van der Waals surface area contributed by atoms with Crippen molar-refractivity contribution in [2.45, 2.75) is 32.7 Å². The Bertz CT molecular complexity index is 763. The van der Waals surface area contributed by atoms with Crippen molar-refractivity contribution in [3.8, 4) is 0 Å². The highest BCUT2D eigenvalue weighted by Gasteiger charge is 2.17. The first-order chi connectivity index (χ1) is 10.1. The SMILES string of the molecule is CCCc1nn(C)c2c1nc(N)n2CCc1ncn(C)n1. The normalized spacial score (nSPS) is 11.6. The van der Waals surface area contributed by atoms with Crippen LogP contribution in [-0.2, 0) is 33.5 Å². The Morgan fingerprint density at radius 2 is 2.00 bits per heavy atom. The number of hydrogen-bond donors (Lipinski definition) is 1. The van der Waals surface area contributed by atoms with Gasteiger partial charge in [-0.2, -0.15) is 10.2 Å². The zero-order valence-corrected chi connectivity index (χ0v) is 12.6. The molecule has 8 nitrogen and oxygen atoms in total. The highest BCUT2D eigenvalue weighted by Crippen LogP contribution is 2.22. The number of imidazole rings is 1. The molecule has 2 N–H and O–H groups in total. The van der Waals surface area contributed by atoms with Crippen molar-refractivity contribution < 1.29 is 0 Å². The minimum Gasteiger partial charge on any atom is -0.369 e. The molecule has 21 heavy (non-hydrogen) atoms. The lowest BCUT2D eigenvalue weighted by Crippen LogP contribution is -2.09. The van der Waals surface area contributed by atoms with E-state index in [1.54, 1.807) is 11.0 Å². The van der Waals surface area contributed by atoms with E-state index in [-0.39, 0.29) is 0 Å². The van der Waals surface area contributed by atoms with Gasteiger partial charge in [-0.3, -0.25) is 13.9 Å². The largest absolute Gasteiger partial charge is 0.369 e. The van der Waals surface area contributed by atoms with Crippen LogP contribution in [0.2, 0.25) is 0 Å². The third-order valence-corrected chi connectivity index (χ3v) is 3.51. The number of rotatable bonds is 5.